The first-order valence-electron chi connectivity index (χ1n) is 6.15. The number of carboxylic acids is 1. The molecule has 0 aromatic rings. The zero-order valence-corrected chi connectivity index (χ0v) is 10.5. The molecule has 3 unspecified atom stereocenters. The molecule has 3 atom stereocenters. The van der Waals surface area contributed by atoms with Gasteiger partial charge in [0.05, 0.1) is 5.41 Å². The zero-order chi connectivity index (χ0) is 13.1. The molecule has 5 nitrogen and oxygen atoms in total. The first-order valence-corrected chi connectivity index (χ1v) is 6.15. The molecule has 17 heavy (non-hydrogen) atoms. The normalized spacial score (nSPS) is 30.6. The Bertz CT molecular complexity index is 306. The summed E-state index contributed by atoms with van der Waals surface area (Å²) in [4.78, 5) is 23.1. The Hall–Kier alpha value is -1.10. The van der Waals surface area contributed by atoms with Crippen LogP contribution in [0.1, 0.15) is 39.5 Å². The lowest BCUT2D eigenvalue weighted by molar-refractivity contribution is -0.152. The van der Waals surface area contributed by atoms with E-state index in [9.17, 15) is 14.7 Å². The SMILES string of the molecule is CC(CN)C(=O)NC1CCCCC1(C)C(=O)O. The van der Waals surface area contributed by atoms with E-state index in [2.05, 4.69) is 5.32 Å². The summed E-state index contributed by atoms with van der Waals surface area (Å²) in [5.41, 5.74) is 4.58. The molecule has 0 saturated heterocycles. The van der Waals surface area contributed by atoms with Gasteiger partial charge >= 0.3 is 5.97 Å². The molecule has 5 heteroatoms. The van der Waals surface area contributed by atoms with Crippen molar-refractivity contribution in [1.82, 2.24) is 5.32 Å². The number of carboxylic acid groups (broad SMARTS) is 1. The zero-order valence-electron chi connectivity index (χ0n) is 10.5. The molecule has 0 aromatic heterocycles. The first-order chi connectivity index (χ1) is 7.91. The van der Waals surface area contributed by atoms with Gasteiger partial charge in [-0.3, -0.25) is 9.59 Å². The Morgan fingerprint density at radius 3 is 2.71 bits per heavy atom. The maximum absolute atomic E-state index is 11.8. The van der Waals surface area contributed by atoms with Gasteiger partial charge in [-0.1, -0.05) is 19.8 Å². The van der Waals surface area contributed by atoms with E-state index < -0.39 is 11.4 Å². The number of hydrogen-bond donors (Lipinski definition) is 3. The average molecular weight is 242 g/mol. The van der Waals surface area contributed by atoms with E-state index in [0.29, 0.717) is 6.42 Å². The number of carbonyl (C=O) groups is 2. The number of carbonyl (C=O) groups excluding carboxylic acids is 1. The Labute approximate surface area is 102 Å². The summed E-state index contributed by atoms with van der Waals surface area (Å²) < 4.78 is 0. The number of amides is 1. The van der Waals surface area contributed by atoms with Gasteiger partial charge < -0.3 is 16.2 Å². The monoisotopic (exact) mass is 242 g/mol. The number of rotatable bonds is 4. The fourth-order valence-electron chi connectivity index (χ4n) is 2.24. The molecular formula is C12H22N2O3. The second-order valence-corrected chi connectivity index (χ2v) is 5.17. The topological polar surface area (TPSA) is 92.4 Å². The van der Waals surface area contributed by atoms with Crippen LogP contribution in [0.15, 0.2) is 0 Å². The lowest BCUT2D eigenvalue weighted by atomic mass is 9.71. The van der Waals surface area contributed by atoms with Gasteiger partial charge in [-0.15, -0.1) is 0 Å². The van der Waals surface area contributed by atoms with E-state index in [4.69, 9.17) is 5.73 Å². The van der Waals surface area contributed by atoms with Crippen molar-refractivity contribution >= 4 is 11.9 Å². The van der Waals surface area contributed by atoms with E-state index >= 15 is 0 Å². The quantitative estimate of drug-likeness (QED) is 0.677. The molecule has 0 heterocycles. The van der Waals surface area contributed by atoms with Crippen molar-refractivity contribution < 1.29 is 14.7 Å². The largest absolute Gasteiger partial charge is 0.481 e. The molecule has 1 amide bonds. The highest BCUT2D eigenvalue weighted by Crippen LogP contribution is 2.36. The van der Waals surface area contributed by atoms with Crippen LogP contribution >= 0.6 is 0 Å². The van der Waals surface area contributed by atoms with Gasteiger partial charge in [0.15, 0.2) is 0 Å². The lowest BCUT2D eigenvalue weighted by Gasteiger charge is -2.38. The summed E-state index contributed by atoms with van der Waals surface area (Å²) in [6, 6.07) is -0.282. The molecular weight excluding hydrogens is 220 g/mol. The number of hydrogen-bond acceptors (Lipinski definition) is 3. The molecule has 1 aliphatic rings. The summed E-state index contributed by atoms with van der Waals surface area (Å²) in [7, 11) is 0. The van der Waals surface area contributed by atoms with E-state index in [0.717, 1.165) is 19.3 Å². The van der Waals surface area contributed by atoms with Crippen LogP contribution in [0.4, 0.5) is 0 Å². The van der Waals surface area contributed by atoms with Crippen molar-refractivity contribution in [3.05, 3.63) is 0 Å². The predicted molar refractivity (Wildman–Crippen MR) is 64.4 cm³/mol. The predicted octanol–water partition coefficient (Wildman–Crippen LogP) is 0.731. The minimum absolute atomic E-state index is 0.146. The maximum atomic E-state index is 11.8. The van der Waals surface area contributed by atoms with Crippen molar-refractivity contribution in [2.75, 3.05) is 6.54 Å². The third kappa shape index (κ3) is 2.97. The molecule has 1 fully saturated rings. The van der Waals surface area contributed by atoms with E-state index in [-0.39, 0.29) is 24.4 Å². The highest BCUT2D eigenvalue weighted by molar-refractivity contribution is 5.81. The first kappa shape index (κ1) is 14.0. The maximum Gasteiger partial charge on any atom is 0.311 e. The Balaban J connectivity index is 2.73. The van der Waals surface area contributed by atoms with E-state index in [1.54, 1.807) is 13.8 Å². The van der Waals surface area contributed by atoms with Crippen LogP contribution in [0.3, 0.4) is 0 Å². The van der Waals surface area contributed by atoms with Crippen molar-refractivity contribution in [3.8, 4) is 0 Å². The minimum Gasteiger partial charge on any atom is -0.481 e. The highest BCUT2D eigenvalue weighted by atomic mass is 16.4. The van der Waals surface area contributed by atoms with Gasteiger partial charge in [0, 0.05) is 18.5 Å². The molecule has 0 radical (unpaired) electrons. The summed E-state index contributed by atoms with van der Waals surface area (Å²) in [5, 5.41) is 12.1. The van der Waals surface area contributed by atoms with Crippen LogP contribution in [-0.2, 0) is 9.59 Å². The second-order valence-electron chi connectivity index (χ2n) is 5.17. The van der Waals surface area contributed by atoms with Crippen molar-refractivity contribution in [2.45, 2.75) is 45.6 Å². The summed E-state index contributed by atoms with van der Waals surface area (Å²) in [6.07, 6.45) is 3.21. The summed E-state index contributed by atoms with van der Waals surface area (Å²) >= 11 is 0. The van der Waals surface area contributed by atoms with E-state index in [1.807, 2.05) is 0 Å². The molecule has 0 aliphatic heterocycles. The molecule has 0 aromatic carbocycles. The van der Waals surface area contributed by atoms with Gasteiger partial charge in [0.1, 0.15) is 0 Å². The fraction of sp³-hybridized carbons (Fsp3) is 0.833. The van der Waals surface area contributed by atoms with Crippen LogP contribution in [0.5, 0.6) is 0 Å². The van der Waals surface area contributed by atoms with Crippen LogP contribution in [0.25, 0.3) is 0 Å². The Morgan fingerprint density at radius 2 is 2.18 bits per heavy atom. The van der Waals surface area contributed by atoms with Crippen LogP contribution in [-0.4, -0.2) is 29.6 Å². The van der Waals surface area contributed by atoms with Gasteiger partial charge in [-0.05, 0) is 19.8 Å². The molecule has 1 rings (SSSR count). The highest BCUT2D eigenvalue weighted by Gasteiger charge is 2.44. The summed E-state index contributed by atoms with van der Waals surface area (Å²) in [6.45, 7) is 3.74. The number of aliphatic carboxylic acids is 1. The lowest BCUT2D eigenvalue weighted by Crippen LogP contribution is -2.53. The molecule has 98 valence electrons. The third-order valence-electron chi connectivity index (χ3n) is 3.81. The van der Waals surface area contributed by atoms with Crippen molar-refractivity contribution in [2.24, 2.45) is 17.1 Å². The van der Waals surface area contributed by atoms with E-state index in [1.165, 1.54) is 0 Å². The molecule has 0 bridgehead atoms. The van der Waals surface area contributed by atoms with Gasteiger partial charge in [0.2, 0.25) is 5.91 Å². The Kier molecular flexibility index (Phi) is 4.51. The number of nitrogens with two attached hydrogens (primary N) is 1. The fourth-order valence-corrected chi connectivity index (χ4v) is 2.24. The average Bonchev–Trinajstić information content (AvgIpc) is 2.30. The molecule has 1 saturated carbocycles. The van der Waals surface area contributed by atoms with Crippen LogP contribution in [0, 0.1) is 11.3 Å². The molecule has 1 aliphatic carbocycles. The second kappa shape index (κ2) is 5.49. The third-order valence-corrected chi connectivity index (χ3v) is 3.81. The number of nitrogens with one attached hydrogen (secondary N) is 1. The smallest absolute Gasteiger partial charge is 0.311 e. The van der Waals surface area contributed by atoms with Gasteiger partial charge in [-0.25, -0.2) is 0 Å². The Morgan fingerprint density at radius 1 is 1.53 bits per heavy atom. The van der Waals surface area contributed by atoms with Crippen molar-refractivity contribution in [3.63, 3.8) is 0 Å². The van der Waals surface area contributed by atoms with Crippen molar-refractivity contribution in [1.29, 1.82) is 0 Å². The minimum atomic E-state index is -0.845. The standard InChI is InChI=1S/C12H22N2O3/c1-8(7-13)10(15)14-9-5-3-4-6-12(9,2)11(16)17/h8-9H,3-7,13H2,1-2H3,(H,14,15)(H,16,17). The van der Waals surface area contributed by atoms with Crippen LogP contribution < -0.4 is 11.1 Å². The van der Waals surface area contributed by atoms with Gasteiger partial charge in [0.25, 0.3) is 0 Å². The molecule has 4 N–H and O–H groups in total. The van der Waals surface area contributed by atoms with Gasteiger partial charge in [-0.2, -0.15) is 0 Å². The van der Waals surface area contributed by atoms with Crippen LogP contribution in [0.2, 0.25) is 0 Å². The molecule has 0 spiro atoms. The summed E-state index contributed by atoms with van der Waals surface area (Å²) in [5.74, 6) is -1.25.